The van der Waals surface area contributed by atoms with Gasteiger partial charge < -0.3 is 20.1 Å². The van der Waals surface area contributed by atoms with E-state index in [4.69, 9.17) is 11.6 Å². The maximum atomic E-state index is 13.2. The molecule has 0 aliphatic carbocycles. The van der Waals surface area contributed by atoms with Crippen molar-refractivity contribution in [1.29, 1.82) is 0 Å². The summed E-state index contributed by atoms with van der Waals surface area (Å²) < 4.78 is 12.5. The summed E-state index contributed by atoms with van der Waals surface area (Å²) in [6.07, 6.45) is 1.47. The molecule has 0 saturated carbocycles. The zero-order valence-corrected chi connectivity index (χ0v) is 17.0. The van der Waals surface area contributed by atoms with Crippen LogP contribution in [-0.2, 0) is 14.5 Å². The van der Waals surface area contributed by atoms with Crippen molar-refractivity contribution in [3.63, 3.8) is 0 Å². The van der Waals surface area contributed by atoms with E-state index in [0.717, 1.165) is 10.8 Å². The van der Waals surface area contributed by atoms with Crippen LogP contribution in [0.25, 0.3) is 21.7 Å². The molecule has 0 radical (unpaired) electrons. The number of aromatic amines is 1. The molecule has 0 aliphatic heterocycles. The van der Waals surface area contributed by atoms with Crippen LogP contribution >= 0.6 is 19.2 Å². The van der Waals surface area contributed by atoms with Crippen molar-refractivity contribution in [3.05, 3.63) is 77.4 Å². The summed E-state index contributed by atoms with van der Waals surface area (Å²) in [7, 11) is -4.90. The van der Waals surface area contributed by atoms with Crippen molar-refractivity contribution in [2.75, 3.05) is 5.32 Å². The minimum absolute atomic E-state index is 0.228. The van der Waals surface area contributed by atoms with Crippen molar-refractivity contribution in [1.82, 2.24) is 4.98 Å². The van der Waals surface area contributed by atoms with E-state index in [2.05, 4.69) is 10.3 Å². The Hall–Kier alpha value is -2.63. The fourth-order valence-corrected chi connectivity index (χ4v) is 4.58. The highest BCUT2D eigenvalue weighted by atomic mass is 35.5. The van der Waals surface area contributed by atoms with E-state index >= 15 is 0 Å². The Morgan fingerprint density at radius 1 is 1.07 bits per heavy atom. The highest BCUT2D eigenvalue weighted by Gasteiger charge is 2.52. The van der Waals surface area contributed by atoms with Crippen LogP contribution in [0.4, 0.5) is 5.69 Å². The monoisotopic (exact) mass is 428 g/mol. The van der Waals surface area contributed by atoms with Gasteiger partial charge in [-0.05, 0) is 30.5 Å². The van der Waals surface area contributed by atoms with Gasteiger partial charge >= 0.3 is 7.60 Å². The molecular weight excluding hydrogens is 411 g/mol. The second-order valence-electron chi connectivity index (χ2n) is 7.00. The molecule has 0 bridgehead atoms. The van der Waals surface area contributed by atoms with Crippen molar-refractivity contribution in [3.8, 4) is 0 Å². The zero-order valence-electron chi connectivity index (χ0n) is 15.4. The van der Waals surface area contributed by atoms with Gasteiger partial charge in [0, 0.05) is 33.7 Å². The first kappa shape index (κ1) is 19.7. The predicted octanol–water partition coefficient (Wildman–Crippen LogP) is 5.01. The van der Waals surface area contributed by atoms with Crippen LogP contribution < -0.4 is 5.32 Å². The molecule has 0 aliphatic rings. The number of benzene rings is 3. The average molecular weight is 429 g/mol. The Morgan fingerprint density at radius 2 is 1.72 bits per heavy atom. The van der Waals surface area contributed by atoms with Crippen LogP contribution in [0.3, 0.4) is 0 Å². The summed E-state index contributed by atoms with van der Waals surface area (Å²) in [5.74, 6) is -0.818. The number of fused-ring (bicyclic) bond motifs is 2. The number of carbonyl (C=O) groups excluding carboxylic acids is 1. The lowest BCUT2D eigenvalue weighted by atomic mass is 9.98. The van der Waals surface area contributed by atoms with Gasteiger partial charge in [-0.1, -0.05) is 54.1 Å². The van der Waals surface area contributed by atoms with Crippen molar-refractivity contribution in [2.45, 2.75) is 12.1 Å². The minimum atomic E-state index is -4.90. The molecule has 4 aromatic rings. The van der Waals surface area contributed by atoms with Gasteiger partial charge in [0.15, 0.2) is 5.16 Å². The van der Waals surface area contributed by atoms with Gasteiger partial charge in [0.2, 0.25) is 5.91 Å². The lowest BCUT2D eigenvalue weighted by Crippen LogP contribution is -2.37. The number of H-pyrrole nitrogens is 1. The number of aromatic nitrogens is 1. The molecule has 1 atom stereocenters. The molecule has 0 unspecified atom stereocenters. The number of nitrogens with one attached hydrogen (secondary N) is 2. The molecule has 3 aromatic carbocycles. The van der Waals surface area contributed by atoms with Gasteiger partial charge in [-0.15, -0.1) is 0 Å². The average Bonchev–Trinajstić information content (AvgIpc) is 3.11. The number of hydrogen-bond acceptors (Lipinski definition) is 2. The first-order valence-corrected chi connectivity index (χ1v) is 10.8. The SMILES string of the molecule is C[C@](C(=O)Nc1cc(Cl)c2ccccc2c1)(c1c[nH]c2ccccc12)P(=O)(O)O. The molecule has 6 nitrogen and oxygen atoms in total. The predicted molar refractivity (Wildman–Crippen MR) is 115 cm³/mol. The zero-order chi connectivity index (χ0) is 20.8. The van der Waals surface area contributed by atoms with Gasteiger partial charge in [-0.3, -0.25) is 9.36 Å². The third-order valence-electron chi connectivity index (χ3n) is 5.21. The van der Waals surface area contributed by atoms with E-state index in [9.17, 15) is 19.1 Å². The molecule has 29 heavy (non-hydrogen) atoms. The highest BCUT2D eigenvalue weighted by molar-refractivity contribution is 7.54. The van der Waals surface area contributed by atoms with Crippen molar-refractivity contribution in [2.24, 2.45) is 0 Å². The Balaban J connectivity index is 1.81. The molecule has 1 aromatic heterocycles. The van der Waals surface area contributed by atoms with Gasteiger partial charge in [0.05, 0.1) is 5.02 Å². The minimum Gasteiger partial charge on any atom is -0.361 e. The van der Waals surface area contributed by atoms with Crippen LogP contribution in [0.15, 0.2) is 66.9 Å². The number of carbonyl (C=O) groups is 1. The summed E-state index contributed by atoms with van der Waals surface area (Å²) in [6.45, 7) is 1.25. The number of anilines is 1. The number of rotatable bonds is 4. The van der Waals surface area contributed by atoms with Crippen molar-refractivity contribution >= 4 is 52.5 Å². The molecule has 1 heterocycles. The van der Waals surface area contributed by atoms with Gasteiger partial charge in [0.25, 0.3) is 0 Å². The Kier molecular flexibility index (Phi) is 4.75. The third kappa shape index (κ3) is 3.24. The smallest absolute Gasteiger partial charge is 0.345 e. The van der Waals surface area contributed by atoms with Crippen LogP contribution in [-0.4, -0.2) is 20.7 Å². The van der Waals surface area contributed by atoms with Gasteiger partial charge in [0.1, 0.15) is 0 Å². The standard InChI is InChI=1S/C21H18ClN2O4P/c1-21(29(26,27)28,17-12-23-19-9-5-4-8-16(17)19)20(25)24-14-10-13-6-2-3-7-15(13)18(22)11-14/h2-12,23H,1H3,(H,24,25)(H2,26,27,28)/t21-/m1/s1. The van der Waals surface area contributed by atoms with Crippen LogP contribution in [0.2, 0.25) is 5.02 Å². The molecule has 1 amide bonds. The molecule has 0 spiro atoms. The van der Waals surface area contributed by atoms with E-state index in [-0.39, 0.29) is 5.56 Å². The van der Waals surface area contributed by atoms with E-state index in [0.29, 0.717) is 21.6 Å². The number of hydrogen-bond donors (Lipinski definition) is 4. The number of halogens is 1. The summed E-state index contributed by atoms with van der Waals surface area (Å²) in [6, 6.07) is 17.7. The summed E-state index contributed by atoms with van der Waals surface area (Å²) in [5, 5.41) is 3.19. The Labute approximate surface area is 171 Å². The molecule has 0 fully saturated rings. The summed E-state index contributed by atoms with van der Waals surface area (Å²) in [5.41, 5.74) is 1.27. The van der Waals surface area contributed by atoms with Gasteiger partial charge in [-0.2, -0.15) is 0 Å². The summed E-state index contributed by atoms with van der Waals surface area (Å²) in [4.78, 5) is 36.5. The van der Waals surface area contributed by atoms with Crippen LogP contribution in [0.5, 0.6) is 0 Å². The fraction of sp³-hybridized carbons (Fsp3) is 0.0952. The molecule has 4 N–H and O–H groups in total. The normalized spacial score (nSPS) is 14.1. The molecule has 8 heteroatoms. The quantitative estimate of drug-likeness (QED) is 0.343. The molecular formula is C21H18ClN2O4P. The van der Waals surface area contributed by atoms with Crippen LogP contribution in [0, 0.1) is 0 Å². The lowest BCUT2D eigenvalue weighted by molar-refractivity contribution is -0.118. The van der Waals surface area contributed by atoms with Crippen LogP contribution in [0.1, 0.15) is 12.5 Å². The summed E-state index contributed by atoms with van der Waals surface area (Å²) >= 11 is 6.32. The maximum absolute atomic E-state index is 13.2. The Bertz CT molecular complexity index is 1300. The highest BCUT2D eigenvalue weighted by Crippen LogP contribution is 2.58. The first-order valence-electron chi connectivity index (χ1n) is 8.84. The van der Waals surface area contributed by atoms with Gasteiger partial charge in [-0.25, -0.2) is 0 Å². The fourth-order valence-electron chi connectivity index (χ4n) is 3.47. The second kappa shape index (κ2) is 7.01. The number of para-hydroxylation sites is 1. The van der Waals surface area contributed by atoms with E-state index in [1.165, 1.54) is 13.1 Å². The van der Waals surface area contributed by atoms with Crippen molar-refractivity contribution < 1.29 is 19.1 Å². The molecule has 0 saturated heterocycles. The number of amides is 1. The molecule has 148 valence electrons. The third-order valence-corrected chi connectivity index (χ3v) is 7.13. The largest absolute Gasteiger partial charge is 0.361 e. The second-order valence-corrected chi connectivity index (χ2v) is 9.39. The lowest BCUT2D eigenvalue weighted by Gasteiger charge is -2.29. The maximum Gasteiger partial charge on any atom is 0.345 e. The van der Waals surface area contributed by atoms with E-state index in [1.54, 1.807) is 36.4 Å². The Morgan fingerprint density at radius 3 is 2.45 bits per heavy atom. The topological polar surface area (TPSA) is 102 Å². The first-order chi connectivity index (χ1) is 13.7. The van der Waals surface area contributed by atoms with E-state index < -0.39 is 18.7 Å². The molecule has 4 rings (SSSR count). The van der Waals surface area contributed by atoms with E-state index in [1.807, 2.05) is 24.3 Å².